The Morgan fingerprint density at radius 2 is 2.21 bits per heavy atom. The van der Waals surface area contributed by atoms with Crippen molar-refractivity contribution in [3.8, 4) is 11.8 Å². The van der Waals surface area contributed by atoms with Crippen molar-refractivity contribution in [2.75, 3.05) is 7.11 Å². The van der Waals surface area contributed by atoms with Gasteiger partial charge >= 0.3 is 5.97 Å². The minimum Gasteiger partial charge on any atom is -0.464 e. The number of esters is 1. The molecule has 0 aromatic carbocycles. The lowest BCUT2D eigenvalue weighted by Gasteiger charge is -1.91. The number of hydrogen-bond donors (Lipinski definition) is 1. The zero-order valence-corrected chi connectivity index (χ0v) is 7.88. The van der Waals surface area contributed by atoms with Crippen LogP contribution in [0.1, 0.15) is 27.8 Å². The first-order valence-corrected chi connectivity index (χ1v) is 3.93. The first-order valence-electron chi connectivity index (χ1n) is 3.93. The van der Waals surface area contributed by atoms with E-state index < -0.39 is 5.97 Å². The van der Waals surface area contributed by atoms with Gasteiger partial charge in [-0.05, 0) is 18.9 Å². The molecule has 0 saturated heterocycles. The number of rotatable bonds is 2. The van der Waals surface area contributed by atoms with Gasteiger partial charge in [0.25, 0.3) is 0 Å². The molecule has 1 heterocycles. The molecule has 0 atom stereocenters. The van der Waals surface area contributed by atoms with Gasteiger partial charge < -0.3 is 9.72 Å². The second-order valence-electron chi connectivity index (χ2n) is 2.50. The van der Waals surface area contributed by atoms with Crippen molar-refractivity contribution in [3.05, 3.63) is 23.5 Å². The minimum absolute atomic E-state index is 0.244. The van der Waals surface area contributed by atoms with Crippen LogP contribution in [0.25, 0.3) is 0 Å². The van der Waals surface area contributed by atoms with Crippen LogP contribution in [-0.4, -0.2) is 23.8 Å². The predicted molar refractivity (Wildman–Crippen MR) is 49.9 cm³/mol. The molecule has 1 N–H and O–H groups in total. The minimum atomic E-state index is -0.506. The van der Waals surface area contributed by atoms with Gasteiger partial charge in [0.1, 0.15) is 5.69 Å². The maximum Gasteiger partial charge on any atom is 0.354 e. The number of ether oxygens (including phenoxy) is 1. The van der Waals surface area contributed by atoms with Crippen LogP contribution in [-0.2, 0) is 4.74 Å². The molecule has 1 rings (SSSR count). The van der Waals surface area contributed by atoms with Crippen molar-refractivity contribution < 1.29 is 14.3 Å². The molecule has 1 aromatic heterocycles. The van der Waals surface area contributed by atoms with E-state index in [1.54, 1.807) is 6.92 Å². The van der Waals surface area contributed by atoms with E-state index in [0.717, 1.165) is 0 Å². The van der Waals surface area contributed by atoms with Gasteiger partial charge in [-0.1, -0.05) is 5.92 Å². The summed E-state index contributed by atoms with van der Waals surface area (Å²) >= 11 is 0. The lowest BCUT2D eigenvalue weighted by Crippen LogP contribution is -2.00. The summed E-state index contributed by atoms with van der Waals surface area (Å²) in [5.74, 6) is 4.03. The number of aromatic nitrogens is 1. The van der Waals surface area contributed by atoms with Gasteiger partial charge in [-0.3, -0.25) is 4.79 Å². The highest BCUT2D eigenvalue weighted by atomic mass is 16.5. The topological polar surface area (TPSA) is 59.2 Å². The number of aromatic amines is 1. The van der Waals surface area contributed by atoms with Gasteiger partial charge in [0, 0.05) is 11.8 Å². The van der Waals surface area contributed by atoms with Crippen LogP contribution in [0.5, 0.6) is 0 Å². The fourth-order valence-electron chi connectivity index (χ4n) is 0.939. The van der Waals surface area contributed by atoms with Gasteiger partial charge in [0.05, 0.1) is 7.11 Å². The van der Waals surface area contributed by atoms with E-state index >= 15 is 0 Å². The molecule has 4 nitrogen and oxygen atoms in total. The zero-order chi connectivity index (χ0) is 10.6. The lowest BCUT2D eigenvalue weighted by molar-refractivity contribution is 0.0595. The second kappa shape index (κ2) is 4.28. The Balaban J connectivity index is 2.92. The fraction of sp³-hybridized carbons (Fsp3) is 0.200. The van der Waals surface area contributed by atoms with E-state index in [2.05, 4.69) is 21.6 Å². The molecular weight excluding hydrogens is 182 g/mol. The molecule has 0 fully saturated rings. The first-order chi connectivity index (χ1) is 6.69. The van der Waals surface area contributed by atoms with Gasteiger partial charge in [0.2, 0.25) is 5.78 Å². The molecule has 0 aliphatic rings. The highest BCUT2D eigenvalue weighted by Gasteiger charge is 2.11. The van der Waals surface area contributed by atoms with E-state index in [-0.39, 0.29) is 11.5 Å². The van der Waals surface area contributed by atoms with Crippen LogP contribution in [0.15, 0.2) is 12.3 Å². The van der Waals surface area contributed by atoms with Crippen molar-refractivity contribution >= 4 is 11.8 Å². The summed E-state index contributed by atoms with van der Waals surface area (Å²) in [5, 5.41) is 0. The Bertz CT molecular complexity index is 420. The van der Waals surface area contributed by atoms with Crippen LogP contribution in [0.3, 0.4) is 0 Å². The zero-order valence-electron chi connectivity index (χ0n) is 7.88. The third-order valence-electron chi connectivity index (χ3n) is 1.59. The maximum atomic E-state index is 11.2. The number of hydrogen-bond acceptors (Lipinski definition) is 3. The number of H-pyrrole nitrogens is 1. The second-order valence-corrected chi connectivity index (χ2v) is 2.50. The summed E-state index contributed by atoms with van der Waals surface area (Å²) in [6, 6.07) is 1.42. The predicted octanol–water partition coefficient (Wildman–Crippen LogP) is 1.01. The summed E-state index contributed by atoms with van der Waals surface area (Å²) in [5.41, 5.74) is 0.605. The van der Waals surface area contributed by atoms with E-state index in [0.29, 0.717) is 5.56 Å². The molecule has 72 valence electrons. The van der Waals surface area contributed by atoms with Crippen molar-refractivity contribution in [3.63, 3.8) is 0 Å². The molecule has 1 aromatic rings. The number of ketones is 1. The molecule has 0 aliphatic heterocycles. The first kappa shape index (κ1) is 10.1. The Kier molecular flexibility index (Phi) is 3.08. The largest absolute Gasteiger partial charge is 0.464 e. The number of methoxy groups -OCH3 is 1. The average Bonchev–Trinajstić information content (AvgIpc) is 2.66. The molecule has 14 heavy (non-hydrogen) atoms. The number of carbonyl (C=O) groups is 2. The Labute approximate surface area is 81.3 Å². The molecule has 0 unspecified atom stereocenters. The standard InChI is InChI=1S/C10H9NO3/c1-3-4-9(12)7-5-8(11-6-7)10(13)14-2/h5-6,11H,1-2H3. The Morgan fingerprint density at radius 1 is 1.50 bits per heavy atom. The molecule has 0 bridgehead atoms. The molecule has 0 radical (unpaired) electrons. The highest BCUT2D eigenvalue weighted by Crippen LogP contribution is 2.05. The normalized spacial score (nSPS) is 8.71. The van der Waals surface area contributed by atoms with Crippen molar-refractivity contribution in [1.29, 1.82) is 0 Å². The van der Waals surface area contributed by atoms with Gasteiger partial charge in [-0.2, -0.15) is 0 Å². The molecule has 0 aliphatic carbocycles. The van der Waals surface area contributed by atoms with Gasteiger partial charge in [-0.25, -0.2) is 4.79 Å². The van der Waals surface area contributed by atoms with E-state index in [4.69, 9.17) is 0 Å². The third-order valence-corrected chi connectivity index (χ3v) is 1.59. The summed E-state index contributed by atoms with van der Waals surface area (Å²) in [4.78, 5) is 24.9. The van der Waals surface area contributed by atoms with Crippen LogP contribution in [0, 0.1) is 11.8 Å². The van der Waals surface area contributed by atoms with Gasteiger partial charge in [-0.15, -0.1) is 0 Å². The van der Waals surface area contributed by atoms with E-state index in [1.165, 1.54) is 19.4 Å². The Hall–Kier alpha value is -2.02. The molecular formula is C10H9NO3. The van der Waals surface area contributed by atoms with Crippen LogP contribution in [0.4, 0.5) is 0 Å². The van der Waals surface area contributed by atoms with Crippen molar-refractivity contribution in [2.24, 2.45) is 0 Å². The van der Waals surface area contributed by atoms with Crippen LogP contribution < -0.4 is 0 Å². The monoisotopic (exact) mass is 191 g/mol. The number of carbonyl (C=O) groups excluding carboxylic acids is 2. The Morgan fingerprint density at radius 3 is 2.79 bits per heavy atom. The maximum absolute atomic E-state index is 11.2. The third kappa shape index (κ3) is 2.02. The van der Waals surface area contributed by atoms with E-state index in [9.17, 15) is 9.59 Å². The summed E-state index contributed by atoms with van der Waals surface area (Å²) in [7, 11) is 1.27. The molecule has 0 spiro atoms. The van der Waals surface area contributed by atoms with Crippen molar-refractivity contribution in [2.45, 2.75) is 6.92 Å². The summed E-state index contributed by atoms with van der Waals surface area (Å²) < 4.78 is 4.47. The quantitative estimate of drug-likeness (QED) is 0.328. The van der Waals surface area contributed by atoms with E-state index in [1.807, 2.05) is 0 Å². The highest BCUT2D eigenvalue weighted by molar-refractivity contribution is 6.09. The SMILES string of the molecule is CC#CC(=O)c1c[nH]c(C(=O)OC)c1. The lowest BCUT2D eigenvalue weighted by atomic mass is 10.2. The van der Waals surface area contributed by atoms with Crippen LogP contribution >= 0.6 is 0 Å². The summed E-state index contributed by atoms with van der Waals surface area (Å²) in [6.45, 7) is 1.58. The van der Waals surface area contributed by atoms with Crippen molar-refractivity contribution in [1.82, 2.24) is 4.98 Å². The van der Waals surface area contributed by atoms with Crippen LogP contribution in [0.2, 0.25) is 0 Å². The molecule has 0 saturated carbocycles. The fourth-order valence-corrected chi connectivity index (χ4v) is 0.939. The number of nitrogens with one attached hydrogen (secondary N) is 1. The molecule has 0 amide bonds. The molecule has 4 heteroatoms. The van der Waals surface area contributed by atoms with Gasteiger partial charge in [0.15, 0.2) is 0 Å². The number of Topliss-reactive ketones (excluding diaryl/α,β-unsaturated/α-hetero) is 1. The average molecular weight is 191 g/mol. The summed E-state index contributed by atoms with van der Waals surface area (Å²) in [6.07, 6.45) is 1.43. The smallest absolute Gasteiger partial charge is 0.354 e.